The van der Waals surface area contributed by atoms with Crippen LogP contribution >= 0.6 is 15.9 Å². The third-order valence-corrected chi connectivity index (χ3v) is 4.51. The van der Waals surface area contributed by atoms with Gasteiger partial charge in [0, 0.05) is 12.1 Å². The summed E-state index contributed by atoms with van der Waals surface area (Å²) in [6, 6.07) is 7.62. The number of halogens is 1. The molecule has 2 rings (SSSR count). The van der Waals surface area contributed by atoms with E-state index in [4.69, 9.17) is 4.74 Å². The van der Waals surface area contributed by atoms with Crippen molar-refractivity contribution in [1.82, 2.24) is 9.78 Å². The lowest BCUT2D eigenvalue weighted by atomic mass is 10.1. The van der Waals surface area contributed by atoms with Gasteiger partial charge in [-0.2, -0.15) is 5.10 Å². The van der Waals surface area contributed by atoms with Gasteiger partial charge < -0.3 is 9.84 Å². The molecule has 0 bridgehead atoms. The normalized spacial score (nSPS) is 12.4. The Bertz CT molecular complexity index is 610. The summed E-state index contributed by atoms with van der Waals surface area (Å²) >= 11 is 3.56. The predicted octanol–water partition coefficient (Wildman–Crippen LogP) is 4.00. The Morgan fingerprint density at radius 3 is 2.71 bits per heavy atom. The molecule has 5 heteroatoms. The van der Waals surface area contributed by atoms with Crippen LogP contribution in [0.15, 0.2) is 28.7 Å². The molecule has 2 aromatic rings. The highest BCUT2D eigenvalue weighted by Gasteiger charge is 2.15. The van der Waals surface area contributed by atoms with Crippen LogP contribution < -0.4 is 4.74 Å². The number of rotatable bonds is 6. The van der Waals surface area contributed by atoms with Crippen molar-refractivity contribution in [2.24, 2.45) is 0 Å². The maximum atomic E-state index is 10.1. The van der Waals surface area contributed by atoms with Crippen LogP contribution in [0.3, 0.4) is 0 Å². The molecular weight excluding hydrogens is 332 g/mol. The Morgan fingerprint density at radius 2 is 2.05 bits per heavy atom. The lowest BCUT2D eigenvalue weighted by molar-refractivity contribution is 0.166. The molecule has 0 amide bonds. The van der Waals surface area contributed by atoms with Gasteiger partial charge in [-0.25, -0.2) is 0 Å². The minimum atomic E-state index is -0.498. The molecule has 0 aliphatic rings. The first-order chi connectivity index (χ1) is 10.1. The molecule has 0 aliphatic carbocycles. The first kappa shape index (κ1) is 16.0. The number of hydrogen-bond donors (Lipinski definition) is 1. The molecule has 1 aromatic heterocycles. The van der Waals surface area contributed by atoms with Gasteiger partial charge in [-0.3, -0.25) is 4.68 Å². The van der Waals surface area contributed by atoms with Crippen LogP contribution in [-0.2, 0) is 13.2 Å². The van der Waals surface area contributed by atoms with Gasteiger partial charge >= 0.3 is 0 Å². The minimum absolute atomic E-state index is 0.419. The standard InChI is InChI=1S/C16H21BrN2O2/c1-4-14(20)12-8-6-7-9-15(12)21-10-13-16(17)11(3)18-19(13)5-2/h6-9,14,20H,4-5,10H2,1-3H3/t14-/m1/s1. The Morgan fingerprint density at radius 1 is 1.33 bits per heavy atom. The number of para-hydroxylation sites is 1. The number of aliphatic hydroxyl groups is 1. The van der Waals surface area contributed by atoms with Crippen molar-refractivity contribution in [3.8, 4) is 5.75 Å². The zero-order valence-electron chi connectivity index (χ0n) is 12.6. The van der Waals surface area contributed by atoms with Crippen molar-refractivity contribution in [3.05, 3.63) is 45.7 Å². The van der Waals surface area contributed by atoms with Gasteiger partial charge in [0.2, 0.25) is 0 Å². The van der Waals surface area contributed by atoms with Gasteiger partial charge in [0.05, 0.1) is 22.0 Å². The number of benzene rings is 1. The fourth-order valence-electron chi connectivity index (χ4n) is 2.26. The number of aromatic nitrogens is 2. The van der Waals surface area contributed by atoms with E-state index in [9.17, 15) is 5.11 Å². The molecule has 0 saturated heterocycles. The molecule has 4 nitrogen and oxygen atoms in total. The number of hydrogen-bond acceptors (Lipinski definition) is 3. The third-order valence-electron chi connectivity index (χ3n) is 3.48. The topological polar surface area (TPSA) is 47.3 Å². The van der Waals surface area contributed by atoms with E-state index in [1.165, 1.54) is 0 Å². The molecule has 0 aliphatic heterocycles. The van der Waals surface area contributed by atoms with E-state index in [1.807, 2.05) is 42.8 Å². The van der Waals surface area contributed by atoms with E-state index in [0.717, 1.165) is 33.7 Å². The van der Waals surface area contributed by atoms with Gasteiger partial charge in [0.25, 0.3) is 0 Å². The highest BCUT2D eigenvalue weighted by molar-refractivity contribution is 9.10. The fourth-order valence-corrected chi connectivity index (χ4v) is 2.66. The van der Waals surface area contributed by atoms with Gasteiger partial charge in [-0.15, -0.1) is 0 Å². The van der Waals surface area contributed by atoms with Crippen molar-refractivity contribution in [2.45, 2.75) is 46.4 Å². The highest BCUT2D eigenvalue weighted by atomic mass is 79.9. The van der Waals surface area contributed by atoms with Crippen LogP contribution in [0.1, 0.15) is 43.3 Å². The third kappa shape index (κ3) is 3.47. The van der Waals surface area contributed by atoms with Crippen molar-refractivity contribution < 1.29 is 9.84 Å². The quantitative estimate of drug-likeness (QED) is 0.854. The van der Waals surface area contributed by atoms with Gasteiger partial charge in [-0.1, -0.05) is 25.1 Å². The lowest BCUT2D eigenvalue weighted by Gasteiger charge is -2.15. The smallest absolute Gasteiger partial charge is 0.131 e. The first-order valence-corrected chi connectivity index (χ1v) is 7.99. The second-order valence-electron chi connectivity index (χ2n) is 4.91. The SMILES string of the molecule is CC[C@@H](O)c1ccccc1OCc1c(Br)c(C)nn1CC. The van der Waals surface area contributed by atoms with Crippen LogP contribution in [0.25, 0.3) is 0 Å². The molecule has 1 aromatic carbocycles. The summed E-state index contributed by atoms with van der Waals surface area (Å²) in [6.45, 7) is 7.19. The summed E-state index contributed by atoms with van der Waals surface area (Å²) in [5, 5.41) is 14.5. The Balaban J connectivity index is 2.21. The average Bonchev–Trinajstić information content (AvgIpc) is 2.79. The molecule has 0 spiro atoms. The number of aliphatic hydroxyl groups excluding tert-OH is 1. The molecule has 114 valence electrons. The van der Waals surface area contributed by atoms with Crippen LogP contribution in [-0.4, -0.2) is 14.9 Å². The number of aryl methyl sites for hydroxylation is 2. The summed E-state index contributed by atoms with van der Waals surface area (Å²) in [4.78, 5) is 0. The van der Waals surface area contributed by atoms with Crippen LogP contribution in [0.4, 0.5) is 0 Å². The summed E-state index contributed by atoms with van der Waals surface area (Å²) in [5.41, 5.74) is 2.79. The Labute approximate surface area is 133 Å². The van der Waals surface area contributed by atoms with E-state index < -0.39 is 6.10 Å². The second kappa shape index (κ2) is 7.09. The average molecular weight is 353 g/mol. The molecule has 1 heterocycles. The number of ether oxygens (including phenoxy) is 1. The molecule has 21 heavy (non-hydrogen) atoms. The summed E-state index contributed by atoms with van der Waals surface area (Å²) < 4.78 is 8.84. The van der Waals surface area contributed by atoms with Gasteiger partial charge in [0.15, 0.2) is 0 Å². The highest BCUT2D eigenvalue weighted by Crippen LogP contribution is 2.29. The monoisotopic (exact) mass is 352 g/mol. The predicted molar refractivity (Wildman–Crippen MR) is 86.4 cm³/mol. The fraction of sp³-hybridized carbons (Fsp3) is 0.438. The van der Waals surface area contributed by atoms with Gasteiger partial charge in [-0.05, 0) is 42.3 Å². The summed E-state index contributed by atoms with van der Waals surface area (Å²) in [5.74, 6) is 0.722. The largest absolute Gasteiger partial charge is 0.487 e. The molecule has 1 N–H and O–H groups in total. The van der Waals surface area contributed by atoms with Crippen LogP contribution in [0.5, 0.6) is 5.75 Å². The number of nitrogens with zero attached hydrogens (tertiary/aromatic N) is 2. The molecular formula is C16H21BrN2O2. The Hall–Kier alpha value is -1.33. The lowest BCUT2D eigenvalue weighted by Crippen LogP contribution is -2.08. The summed E-state index contributed by atoms with van der Waals surface area (Å²) in [7, 11) is 0. The van der Waals surface area contributed by atoms with Crippen molar-refractivity contribution >= 4 is 15.9 Å². The molecule has 0 fully saturated rings. The first-order valence-electron chi connectivity index (χ1n) is 7.20. The molecule has 1 atom stereocenters. The maximum Gasteiger partial charge on any atom is 0.131 e. The van der Waals surface area contributed by atoms with Crippen molar-refractivity contribution in [2.75, 3.05) is 0 Å². The minimum Gasteiger partial charge on any atom is -0.487 e. The van der Waals surface area contributed by atoms with Crippen LogP contribution in [0, 0.1) is 6.92 Å². The zero-order chi connectivity index (χ0) is 15.4. The molecule has 0 radical (unpaired) electrons. The zero-order valence-corrected chi connectivity index (χ0v) is 14.2. The van der Waals surface area contributed by atoms with E-state index in [2.05, 4.69) is 28.0 Å². The maximum absolute atomic E-state index is 10.1. The van der Waals surface area contributed by atoms with E-state index >= 15 is 0 Å². The molecule has 0 unspecified atom stereocenters. The van der Waals surface area contributed by atoms with Crippen LogP contribution in [0.2, 0.25) is 0 Å². The molecule has 0 saturated carbocycles. The van der Waals surface area contributed by atoms with E-state index in [1.54, 1.807) is 0 Å². The summed E-state index contributed by atoms with van der Waals surface area (Å²) in [6.07, 6.45) is 0.165. The second-order valence-corrected chi connectivity index (χ2v) is 5.71. The van der Waals surface area contributed by atoms with E-state index in [-0.39, 0.29) is 0 Å². The van der Waals surface area contributed by atoms with E-state index in [0.29, 0.717) is 13.0 Å². The Kier molecular flexibility index (Phi) is 5.42. The van der Waals surface area contributed by atoms with Gasteiger partial charge in [0.1, 0.15) is 12.4 Å². The van der Waals surface area contributed by atoms with Crippen molar-refractivity contribution in [3.63, 3.8) is 0 Å². The van der Waals surface area contributed by atoms with Crippen molar-refractivity contribution in [1.29, 1.82) is 0 Å².